The van der Waals surface area contributed by atoms with Crippen LogP contribution in [0.25, 0.3) is 11.0 Å². The van der Waals surface area contributed by atoms with Crippen LogP contribution in [0.2, 0.25) is 0 Å². The van der Waals surface area contributed by atoms with Crippen LogP contribution >= 0.6 is 15.9 Å². The topological polar surface area (TPSA) is 51.2 Å². The van der Waals surface area contributed by atoms with Crippen molar-refractivity contribution >= 4 is 26.9 Å². The van der Waals surface area contributed by atoms with Gasteiger partial charge in [0.1, 0.15) is 17.4 Å². The number of rotatable bonds is 3. The third kappa shape index (κ3) is 2.62. The van der Waals surface area contributed by atoms with E-state index in [9.17, 15) is 0 Å². The Kier molecular flexibility index (Phi) is 3.85. The summed E-state index contributed by atoms with van der Waals surface area (Å²) in [7, 11) is 0. The number of benzene rings is 2. The lowest BCUT2D eigenvalue weighted by molar-refractivity contribution is 0.476. The second-order valence-electron chi connectivity index (χ2n) is 5.27. The number of nitrogens with one attached hydrogen (secondary N) is 1. The Morgan fingerprint density at radius 3 is 2.71 bits per heavy atom. The van der Waals surface area contributed by atoms with Gasteiger partial charge in [0.2, 0.25) is 0 Å². The van der Waals surface area contributed by atoms with Crippen LogP contribution in [-0.4, -0.2) is 0 Å². The van der Waals surface area contributed by atoms with Gasteiger partial charge in [0.15, 0.2) is 0 Å². The maximum Gasteiger partial charge on any atom is 0.134 e. The van der Waals surface area contributed by atoms with Crippen molar-refractivity contribution in [3.63, 3.8) is 0 Å². The van der Waals surface area contributed by atoms with Crippen LogP contribution in [0.3, 0.4) is 0 Å². The fraction of sp³-hybridized carbons (Fsp3) is 0.176. The van der Waals surface area contributed by atoms with Gasteiger partial charge in [0, 0.05) is 9.86 Å². The lowest BCUT2D eigenvalue weighted by Gasteiger charge is -2.16. The first kappa shape index (κ1) is 14.3. The van der Waals surface area contributed by atoms with Crippen molar-refractivity contribution in [3.8, 4) is 0 Å². The highest BCUT2D eigenvalue weighted by Crippen LogP contribution is 2.33. The molecular weight excluding hydrogens is 328 g/mol. The third-order valence-electron chi connectivity index (χ3n) is 3.67. The molecular formula is C17H17BrN2O. The molecule has 0 aliphatic carbocycles. The molecule has 0 bridgehead atoms. The zero-order chi connectivity index (χ0) is 15.0. The molecule has 4 heteroatoms. The number of hydrogen-bond acceptors (Lipinski definition) is 3. The van der Waals surface area contributed by atoms with E-state index in [1.807, 2.05) is 30.3 Å². The molecule has 0 spiro atoms. The number of hydrogen-bond donors (Lipinski definition) is 2. The van der Waals surface area contributed by atoms with Crippen LogP contribution < -0.4 is 11.3 Å². The maximum absolute atomic E-state index is 5.96. The lowest BCUT2D eigenvalue weighted by Crippen LogP contribution is -2.28. The summed E-state index contributed by atoms with van der Waals surface area (Å²) in [6.07, 6.45) is 0. The van der Waals surface area contributed by atoms with E-state index in [1.54, 1.807) is 0 Å². The van der Waals surface area contributed by atoms with Gasteiger partial charge in [0.05, 0.1) is 0 Å². The summed E-state index contributed by atoms with van der Waals surface area (Å²) in [4.78, 5) is 0. The molecule has 1 aromatic heterocycles. The molecule has 0 aliphatic heterocycles. The summed E-state index contributed by atoms with van der Waals surface area (Å²) in [5.74, 6) is 6.59. The zero-order valence-corrected chi connectivity index (χ0v) is 13.6. The van der Waals surface area contributed by atoms with E-state index in [-0.39, 0.29) is 6.04 Å². The Labute approximate surface area is 132 Å². The van der Waals surface area contributed by atoms with Crippen molar-refractivity contribution in [2.75, 3.05) is 0 Å². The van der Waals surface area contributed by atoms with Gasteiger partial charge in [-0.3, -0.25) is 5.84 Å². The lowest BCUT2D eigenvalue weighted by atomic mass is 10.0. The molecule has 3 aromatic rings. The molecule has 1 heterocycles. The second kappa shape index (κ2) is 5.64. The number of nitrogens with two attached hydrogens (primary N) is 1. The number of halogens is 1. The largest absolute Gasteiger partial charge is 0.459 e. The van der Waals surface area contributed by atoms with Gasteiger partial charge in [-0.2, -0.15) is 0 Å². The molecule has 3 nitrogen and oxygen atoms in total. The molecule has 0 saturated heterocycles. The molecule has 1 unspecified atom stereocenters. The summed E-state index contributed by atoms with van der Waals surface area (Å²) >= 11 is 3.64. The maximum atomic E-state index is 5.96. The molecule has 2 aromatic carbocycles. The van der Waals surface area contributed by atoms with Crippen LogP contribution in [0, 0.1) is 13.8 Å². The van der Waals surface area contributed by atoms with E-state index in [4.69, 9.17) is 10.3 Å². The van der Waals surface area contributed by atoms with Crippen molar-refractivity contribution in [3.05, 3.63) is 69.4 Å². The monoisotopic (exact) mass is 344 g/mol. The number of hydrazine groups is 1. The summed E-state index contributed by atoms with van der Waals surface area (Å²) in [5, 5.41) is 1.09. The van der Waals surface area contributed by atoms with E-state index < -0.39 is 0 Å². The van der Waals surface area contributed by atoms with Crippen molar-refractivity contribution in [1.82, 2.24) is 5.43 Å². The minimum atomic E-state index is -0.188. The number of furan rings is 1. The van der Waals surface area contributed by atoms with E-state index in [0.717, 1.165) is 26.8 Å². The standard InChI is InChI=1S/C17H17BrN2O/c1-10-6-7-14-12(8-10)9-15(21-14)17(20-19)13-5-3-4-11(2)16(13)18/h3-9,17,20H,19H2,1-2H3. The Morgan fingerprint density at radius 2 is 1.95 bits per heavy atom. The quantitative estimate of drug-likeness (QED) is 0.548. The molecule has 0 radical (unpaired) electrons. The fourth-order valence-corrected chi connectivity index (χ4v) is 3.04. The van der Waals surface area contributed by atoms with Crippen molar-refractivity contribution < 1.29 is 4.42 Å². The Bertz CT molecular complexity index is 795. The van der Waals surface area contributed by atoms with Gasteiger partial charge in [-0.15, -0.1) is 0 Å². The van der Waals surface area contributed by atoms with Gasteiger partial charge < -0.3 is 4.42 Å². The normalized spacial score (nSPS) is 12.8. The first-order valence-corrected chi connectivity index (χ1v) is 7.60. The van der Waals surface area contributed by atoms with Crippen LogP contribution in [0.5, 0.6) is 0 Å². The second-order valence-corrected chi connectivity index (χ2v) is 6.06. The summed E-state index contributed by atoms with van der Waals surface area (Å²) < 4.78 is 7.01. The molecule has 0 amide bonds. The molecule has 3 rings (SSSR count). The van der Waals surface area contributed by atoms with Crippen molar-refractivity contribution in [2.24, 2.45) is 5.84 Å². The van der Waals surface area contributed by atoms with Crippen molar-refractivity contribution in [2.45, 2.75) is 19.9 Å². The SMILES string of the molecule is Cc1ccc2oc(C(NN)c3cccc(C)c3Br)cc2c1. The van der Waals surface area contributed by atoms with E-state index in [1.165, 1.54) is 11.1 Å². The van der Waals surface area contributed by atoms with Gasteiger partial charge in [-0.25, -0.2) is 5.43 Å². The number of fused-ring (bicyclic) bond motifs is 1. The van der Waals surface area contributed by atoms with Crippen LogP contribution in [0.1, 0.15) is 28.5 Å². The third-order valence-corrected chi connectivity index (χ3v) is 4.76. The fourth-order valence-electron chi connectivity index (χ4n) is 2.54. The molecule has 1 atom stereocenters. The Hall–Kier alpha value is -1.62. The van der Waals surface area contributed by atoms with Crippen molar-refractivity contribution in [1.29, 1.82) is 0 Å². The minimum Gasteiger partial charge on any atom is -0.459 e. The molecule has 108 valence electrons. The molecule has 3 N–H and O–H groups in total. The van der Waals surface area contributed by atoms with E-state index >= 15 is 0 Å². The van der Waals surface area contributed by atoms with Crippen LogP contribution in [-0.2, 0) is 0 Å². The zero-order valence-electron chi connectivity index (χ0n) is 12.0. The Morgan fingerprint density at radius 1 is 1.14 bits per heavy atom. The molecule has 21 heavy (non-hydrogen) atoms. The highest BCUT2D eigenvalue weighted by Gasteiger charge is 2.20. The predicted molar refractivity (Wildman–Crippen MR) is 89.0 cm³/mol. The first-order chi connectivity index (χ1) is 10.1. The highest BCUT2D eigenvalue weighted by atomic mass is 79.9. The van der Waals surface area contributed by atoms with E-state index in [2.05, 4.69) is 47.3 Å². The van der Waals surface area contributed by atoms with Gasteiger partial charge >= 0.3 is 0 Å². The smallest absolute Gasteiger partial charge is 0.134 e. The predicted octanol–water partition coefficient (Wildman–Crippen LogP) is 4.36. The number of aryl methyl sites for hydroxylation is 2. The van der Waals surface area contributed by atoms with Crippen LogP contribution in [0.4, 0.5) is 0 Å². The minimum absolute atomic E-state index is 0.188. The molecule has 0 saturated carbocycles. The van der Waals surface area contributed by atoms with Gasteiger partial charge in [-0.1, -0.05) is 45.8 Å². The summed E-state index contributed by atoms with van der Waals surface area (Å²) in [5.41, 5.74) is 7.17. The average Bonchev–Trinajstić information content (AvgIpc) is 2.87. The average molecular weight is 345 g/mol. The summed E-state index contributed by atoms with van der Waals surface area (Å²) in [6.45, 7) is 4.13. The highest BCUT2D eigenvalue weighted by molar-refractivity contribution is 9.10. The van der Waals surface area contributed by atoms with Gasteiger partial charge in [-0.05, 0) is 43.2 Å². The molecule has 0 fully saturated rings. The van der Waals surface area contributed by atoms with E-state index in [0.29, 0.717) is 0 Å². The van der Waals surface area contributed by atoms with Gasteiger partial charge in [0.25, 0.3) is 0 Å². The molecule has 0 aliphatic rings. The Balaban J connectivity index is 2.11. The van der Waals surface area contributed by atoms with Crippen LogP contribution in [0.15, 0.2) is 51.4 Å². The first-order valence-electron chi connectivity index (χ1n) is 6.81. The summed E-state index contributed by atoms with van der Waals surface area (Å²) in [6, 6.07) is 14.1.